The van der Waals surface area contributed by atoms with Crippen molar-refractivity contribution in [1.29, 1.82) is 0 Å². The van der Waals surface area contributed by atoms with Crippen molar-refractivity contribution in [3.8, 4) is 0 Å². The van der Waals surface area contributed by atoms with Gasteiger partial charge in [0.15, 0.2) is 0 Å². The van der Waals surface area contributed by atoms with Crippen molar-refractivity contribution in [1.82, 2.24) is 0 Å². The Balaban J connectivity index is 1.71. The summed E-state index contributed by atoms with van der Waals surface area (Å²) in [6, 6.07) is 10.2. The monoisotopic (exact) mass is 493 g/mol. The summed E-state index contributed by atoms with van der Waals surface area (Å²) in [4.78, 5) is 0. The fourth-order valence-corrected chi connectivity index (χ4v) is 5.67. The third kappa shape index (κ3) is 11.4. The van der Waals surface area contributed by atoms with Gasteiger partial charge in [0.2, 0.25) is 0 Å². The SMILES string of the molecule is C=C(CCC/C=C\C[C@@H]1C(/C=C/C(C)(F)CCc2ccccc2)CC[C@@H]1C)CC(C)C/C(=C/C)CN. The molecule has 5 atom stereocenters. The summed E-state index contributed by atoms with van der Waals surface area (Å²) in [5.74, 6) is 2.44. The summed E-state index contributed by atoms with van der Waals surface area (Å²) in [5.41, 5.74) is 8.46. The molecule has 0 radical (unpaired) electrons. The van der Waals surface area contributed by atoms with Gasteiger partial charge in [-0.2, -0.15) is 0 Å². The number of nitrogens with two attached hydrogens (primary N) is 1. The Kier molecular flexibility index (Phi) is 13.5. The summed E-state index contributed by atoms with van der Waals surface area (Å²) in [6.07, 6.45) is 21.3. The summed E-state index contributed by atoms with van der Waals surface area (Å²) in [5, 5.41) is 0. The summed E-state index contributed by atoms with van der Waals surface area (Å²) >= 11 is 0. The number of hydrogen-bond donors (Lipinski definition) is 1. The van der Waals surface area contributed by atoms with Gasteiger partial charge in [0, 0.05) is 6.54 Å². The zero-order chi connectivity index (χ0) is 26.4. The first-order valence-electron chi connectivity index (χ1n) is 14.3. The molecule has 0 aromatic heterocycles. The Labute approximate surface area is 221 Å². The molecule has 2 heteroatoms. The van der Waals surface area contributed by atoms with Crippen LogP contribution in [-0.4, -0.2) is 12.2 Å². The second kappa shape index (κ2) is 16.0. The highest BCUT2D eigenvalue weighted by molar-refractivity contribution is 5.16. The van der Waals surface area contributed by atoms with Crippen LogP contribution >= 0.6 is 0 Å². The van der Waals surface area contributed by atoms with Crippen LogP contribution in [0.5, 0.6) is 0 Å². The first-order chi connectivity index (χ1) is 17.2. The van der Waals surface area contributed by atoms with E-state index in [1.165, 1.54) is 36.0 Å². The van der Waals surface area contributed by atoms with Crippen molar-refractivity contribution in [3.05, 3.63) is 84.0 Å². The van der Waals surface area contributed by atoms with E-state index >= 15 is 4.39 Å². The minimum Gasteiger partial charge on any atom is -0.327 e. The van der Waals surface area contributed by atoms with E-state index in [4.69, 9.17) is 5.73 Å². The molecule has 1 nitrogen and oxygen atoms in total. The first-order valence-corrected chi connectivity index (χ1v) is 14.3. The molecular formula is C34H52FN. The van der Waals surface area contributed by atoms with Crippen LogP contribution in [0.4, 0.5) is 4.39 Å². The van der Waals surface area contributed by atoms with E-state index in [9.17, 15) is 0 Å². The fraction of sp³-hybridized carbons (Fsp3) is 0.588. The van der Waals surface area contributed by atoms with Crippen molar-refractivity contribution in [3.63, 3.8) is 0 Å². The molecule has 0 heterocycles. The molecule has 0 saturated heterocycles. The van der Waals surface area contributed by atoms with E-state index in [1.54, 1.807) is 6.92 Å². The summed E-state index contributed by atoms with van der Waals surface area (Å²) in [7, 11) is 0. The number of hydrogen-bond acceptors (Lipinski definition) is 1. The Morgan fingerprint density at radius 3 is 2.64 bits per heavy atom. The maximum Gasteiger partial charge on any atom is 0.126 e. The Morgan fingerprint density at radius 2 is 1.94 bits per heavy atom. The van der Waals surface area contributed by atoms with Crippen molar-refractivity contribution in [2.24, 2.45) is 29.4 Å². The molecule has 1 saturated carbocycles. The average molecular weight is 494 g/mol. The predicted octanol–water partition coefficient (Wildman–Crippen LogP) is 9.56. The highest BCUT2D eigenvalue weighted by atomic mass is 19.1. The smallest absolute Gasteiger partial charge is 0.126 e. The largest absolute Gasteiger partial charge is 0.327 e. The maximum atomic E-state index is 15.2. The van der Waals surface area contributed by atoms with E-state index in [0.29, 0.717) is 36.6 Å². The highest BCUT2D eigenvalue weighted by Crippen LogP contribution is 2.40. The van der Waals surface area contributed by atoms with Gasteiger partial charge in [0.25, 0.3) is 0 Å². The van der Waals surface area contributed by atoms with Gasteiger partial charge in [0.1, 0.15) is 5.67 Å². The Hall–Kier alpha value is -1.93. The molecule has 0 spiro atoms. The second-order valence-electron chi connectivity index (χ2n) is 11.5. The number of alkyl halides is 1. The molecule has 200 valence electrons. The lowest BCUT2D eigenvalue weighted by atomic mass is 9.86. The van der Waals surface area contributed by atoms with Gasteiger partial charge in [-0.25, -0.2) is 4.39 Å². The third-order valence-corrected chi connectivity index (χ3v) is 8.07. The minimum atomic E-state index is -1.25. The van der Waals surface area contributed by atoms with Crippen LogP contribution < -0.4 is 5.73 Å². The standard InChI is InChI=1S/C34H52FN/c1-6-30(26-36)25-28(3)24-27(2)14-10-7-8-13-17-33-29(4)18-19-32(33)21-23-34(5,35)22-20-31-15-11-9-12-16-31/h6,8-9,11-13,15-16,21,23,28-29,32-33H,2,7,10,14,17-20,22,24-26,36H2,1,3-5H3/b13-8-,23-21+,30-6-/t28?,29-,32?,33-,34?/m0/s1. The fourth-order valence-electron chi connectivity index (χ4n) is 5.67. The minimum absolute atomic E-state index is 0.494. The topological polar surface area (TPSA) is 26.0 Å². The lowest BCUT2D eigenvalue weighted by Gasteiger charge is -2.21. The quantitative estimate of drug-likeness (QED) is 0.180. The molecule has 0 bridgehead atoms. The number of allylic oxidation sites excluding steroid dienone is 6. The van der Waals surface area contributed by atoms with Gasteiger partial charge in [-0.1, -0.05) is 92.3 Å². The number of halogens is 1. The summed E-state index contributed by atoms with van der Waals surface area (Å²) in [6.45, 7) is 13.4. The van der Waals surface area contributed by atoms with Gasteiger partial charge in [-0.3, -0.25) is 0 Å². The van der Waals surface area contributed by atoms with Crippen molar-refractivity contribution in [2.75, 3.05) is 6.54 Å². The van der Waals surface area contributed by atoms with Crippen LogP contribution in [0.15, 0.2) is 78.4 Å². The Morgan fingerprint density at radius 1 is 1.19 bits per heavy atom. The van der Waals surface area contributed by atoms with Gasteiger partial charge in [-0.15, -0.1) is 0 Å². The number of aryl methyl sites for hydroxylation is 1. The lowest BCUT2D eigenvalue weighted by molar-refractivity contribution is 0.238. The average Bonchev–Trinajstić information content (AvgIpc) is 3.22. The number of rotatable bonds is 16. The molecule has 0 aliphatic heterocycles. The molecule has 36 heavy (non-hydrogen) atoms. The van der Waals surface area contributed by atoms with E-state index < -0.39 is 5.67 Å². The highest BCUT2D eigenvalue weighted by Gasteiger charge is 2.31. The zero-order valence-corrected chi connectivity index (χ0v) is 23.5. The van der Waals surface area contributed by atoms with Gasteiger partial charge in [0.05, 0.1) is 0 Å². The molecule has 1 aromatic carbocycles. The van der Waals surface area contributed by atoms with E-state index in [0.717, 1.165) is 38.5 Å². The van der Waals surface area contributed by atoms with Gasteiger partial charge in [-0.05, 0) is 107 Å². The van der Waals surface area contributed by atoms with Crippen LogP contribution in [0.25, 0.3) is 0 Å². The molecule has 1 aromatic rings. The van der Waals surface area contributed by atoms with E-state index in [2.05, 4.69) is 63.8 Å². The Bertz CT molecular complexity index is 847. The third-order valence-electron chi connectivity index (χ3n) is 8.07. The van der Waals surface area contributed by atoms with Crippen LogP contribution in [0.3, 0.4) is 0 Å². The zero-order valence-electron chi connectivity index (χ0n) is 23.5. The van der Waals surface area contributed by atoms with Gasteiger partial charge < -0.3 is 5.73 Å². The predicted molar refractivity (Wildman–Crippen MR) is 157 cm³/mol. The van der Waals surface area contributed by atoms with Crippen LogP contribution in [-0.2, 0) is 6.42 Å². The first kappa shape index (κ1) is 30.3. The molecular weight excluding hydrogens is 441 g/mol. The lowest BCUT2D eigenvalue weighted by Crippen LogP contribution is -2.17. The molecule has 1 aliphatic rings. The van der Waals surface area contributed by atoms with Gasteiger partial charge >= 0.3 is 0 Å². The second-order valence-corrected chi connectivity index (χ2v) is 11.5. The van der Waals surface area contributed by atoms with Crippen LogP contribution in [0.1, 0.15) is 91.0 Å². The molecule has 2 N–H and O–H groups in total. The van der Waals surface area contributed by atoms with Crippen LogP contribution in [0.2, 0.25) is 0 Å². The molecule has 3 unspecified atom stereocenters. The van der Waals surface area contributed by atoms with Crippen molar-refractivity contribution in [2.45, 2.75) is 97.6 Å². The number of unbranched alkanes of at least 4 members (excludes halogenated alkanes) is 1. The van der Waals surface area contributed by atoms with Crippen molar-refractivity contribution >= 4 is 0 Å². The molecule has 2 rings (SSSR count). The number of benzene rings is 1. The van der Waals surface area contributed by atoms with Crippen LogP contribution in [0, 0.1) is 23.7 Å². The molecule has 1 aliphatic carbocycles. The van der Waals surface area contributed by atoms with Crippen molar-refractivity contribution < 1.29 is 4.39 Å². The summed E-state index contributed by atoms with van der Waals surface area (Å²) < 4.78 is 15.2. The van der Waals surface area contributed by atoms with E-state index in [1.807, 2.05) is 24.3 Å². The van der Waals surface area contributed by atoms with E-state index in [-0.39, 0.29) is 0 Å². The maximum absolute atomic E-state index is 15.2. The molecule has 1 fully saturated rings. The normalized spacial score (nSPS) is 23.4. The molecule has 0 amide bonds.